The van der Waals surface area contributed by atoms with Crippen LogP contribution in [0, 0.1) is 5.92 Å². The fourth-order valence-corrected chi connectivity index (χ4v) is 2.32. The number of aromatic nitrogens is 1. The maximum atomic E-state index is 9.10. The van der Waals surface area contributed by atoms with E-state index in [0.29, 0.717) is 6.04 Å². The fourth-order valence-electron chi connectivity index (χ4n) is 2.32. The third kappa shape index (κ3) is 2.35. The molecule has 2 atom stereocenters. The average molecular weight is 220 g/mol. The lowest BCUT2D eigenvalue weighted by atomic mass is 9.95. The van der Waals surface area contributed by atoms with Crippen molar-refractivity contribution in [2.75, 3.05) is 11.4 Å². The van der Waals surface area contributed by atoms with Crippen molar-refractivity contribution in [2.24, 2.45) is 5.92 Å². The number of pyridine rings is 1. The highest BCUT2D eigenvalue weighted by Gasteiger charge is 2.23. The normalized spacial score (nSPS) is 25.8. The van der Waals surface area contributed by atoms with Crippen LogP contribution in [0.5, 0.6) is 0 Å². The lowest BCUT2D eigenvalue weighted by Gasteiger charge is -2.37. The largest absolute Gasteiger partial charge is 0.390 e. The van der Waals surface area contributed by atoms with Crippen molar-refractivity contribution in [3.63, 3.8) is 0 Å². The van der Waals surface area contributed by atoms with Crippen molar-refractivity contribution in [3.05, 3.63) is 23.9 Å². The van der Waals surface area contributed by atoms with Gasteiger partial charge < -0.3 is 10.0 Å². The number of hydrogen-bond acceptors (Lipinski definition) is 3. The molecule has 3 heteroatoms. The smallest absolute Gasteiger partial charge is 0.129 e. The Bertz CT molecular complexity index is 354. The molecular weight excluding hydrogens is 200 g/mol. The standard InChI is InChI=1S/C13H20N2O/c1-10-6-7-11(2)15(8-10)13-5-3-4-12(9-16)14-13/h3-5,10-11,16H,6-9H2,1-2H3. The molecule has 0 bridgehead atoms. The van der Waals surface area contributed by atoms with Crippen molar-refractivity contribution < 1.29 is 5.11 Å². The first-order valence-electron chi connectivity index (χ1n) is 6.04. The van der Waals surface area contributed by atoms with Crippen molar-refractivity contribution in [1.82, 2.24) is 4.98 Å². The highest BCUT2D eigenvalue weighted by Crippen LogP contribution is 2.26. The molecule has 0 saturated carbocycles. The van der Waals surface area contributed by atoms with Crippen LogP contribution < -0.4 is 4.90 Å². The zero-order chi connectivity index (χ0) is 11.5. The van der Waals surface area contributed by atoms with E-state index in [1.54, 1.807) is 0 Å². The summed E-state index contributed by atoms with van der Waals surface area (Å²) in [6, 6.07) is 6.42. The van der Waals surface area contributed by atoms with E-state index in [-0.39, 0.29) is 6.61 Å². The molecule has 1 N–H and O–H groups in total. The predicted molar refractivity (Wildman–Crippen MR) is 65.4 cm³/mol. The lowest BCUT2D eigenvalue weighted by Crippen LogP contribution is -2.41. The van der Waals surface area contributed by atoms with Gasteiger partial charge in [0.25, 0.3) is 0 Å². The van der Waals surface area contributed by atoms with Crippen LogP contribution in [0.4, 0.5) is 5.82 Å². The van der Waals surface area contributed by atoms with Gasteiger partial charge in [0.05, 0.1) is 12.3 Å². The molecule has 1 aromatic heterocycles. The van der Waals surface area contributed by atoms with Crippen molar-refractivity contribution in [3.8, 4) is 0 Å². The molecule has 0 radical (unpaired) electrons. The predicted octanol–water partition coefficient (Wildman–Crippen LogP) is 2.20. The zero-order valence-corrected chi connectivity index (χ0v) is 10.1. The minimum atomic E-state index is 0.0195. The Labute approximate surface area is 97.1 Å². The maximum Gasteiger partial charge on any atom is 0.129 e. The number of rotatable bonds is 2. The molecule has 3 nitrogen and oxygen atoms in total. The van der Waals surface area contributed by atoms with Crippen LogP contribution in [0.2, 0.25) is 0 Å². The summed E-state index contributed by atoms with van der Waals surface area (Å²) >= 11 is 0. The quantitative estimate of drug-likeness (QED) is 0.830. The molecule has 0 aliphatic carbocycles. The van der Waals surface area contributed by atoms with Crippen LogP contribution in [-0.2, 0) is 6.61 Å². The lowest BCUT2D eigenvalue weighted by molar-refractivity contribution is 0.276. The first-order valence-corrected chi connectivity index (χ1v) is 6.04. The first kappa shape index (κ1) is 11.4. The highest BCUT2D eigenvalue weighted by molar-refractivity contribution is 5.41. The van der Waals surface area contributed by atoms with Gasteiger partial charge >= 0.3 is 0 Å². The van der Waals surface area contributed by atoms with E-state index < -0.39 is 0 Å². The molecule has 16 heavy (non-hydrogen) atoms. The SMILES string of the molecule is CC1CCC(C)N(c2cccc(CO)n2)C1. The van der Waals surface area contributed by atoms with Crippen LogP contribution in [0.25, 0.3) is 0 Å². The Hall–Kier alpha value is -1.09. The van der Waals surface area contributed by atoms with Gasteiger partial charge in [-0.1, -0.05) is 13.0 Å². The average Bonchev–Trinajstić information content (AvgIpc) is 2.32. The summed E-state index contributed by atoms with van der Waals surface area (Å²) in [5.41, 5.74) is 0.753. The van der Waals surface area contributed by atoms with Crippen molar-refractivity contribution >= 4 is 5.82 Å². The van der Waals surface area contributed by atoms with Crippen molar-refractivity contribution in [1.29, 1.82) is 0 Å². The second kappa shape index (κ2) is 4.83. The van der Waals surface area contributed by atoms with E-state index in [0.717, 1.165) is 24.0 Å². The molecule has 1 saturated heterocycles. The fraction of sp³-hybridized carbons (Fsp3) is 0.615. The van der Waals surface area contributed by atoms with Gasteiger partial charge in [0.15, 0.2) is 0 Å². The number of aliphatic hydroxyl groups excluding tert-OH is 1. The molecule has 0 amide bonds. The Morgan fingerprint density at radius 2 is 2.19 bits per heavy atom. The van der Waals surface area contributed by atoms with Crippen LogP contribution in [0.1, 0.15) is 32.4 Å². The zero-order valence-electron chi connectivity index (χ0n) is 10.1. The highest BCUT2D eigenvalue weighted by atomic mass is 16.3. The van der Waals surface area contributed by atoms with Gasteiger partial charge in [0.1, 0.15) is 5.82 Å². The van der Waals surface area contributed by atoms with Gasteiger partial charge in [-0.25, -0.2) is 4.98 Å². The van der Waals surface area contributed by atoms with E-state index >= 15 is 0 Å². The number of hydrogen-bond donors (Lipinski definition) is 1. The molecule has 1 aliphatic heterocycles. The van der Waals surface area contributed by atoms with Crippen LogP contribution in [0.15, 0.2) is 18.2 Å². The summed E-state index contributed by atoms with van der Waals surface area (Å²) in [5.74, 6) is 1.74. The maximum absolute atomic E-state index is 9.10. The minimum Gasteiger partial charge on any atom is -0.390 e. The van der Waals surface area contributed by atoms with E-state index in [4.69, 9.17) is 5.11 Å². The van der Waals surface area contributed by atoms with Crippen LogP contribution >= 0.6 is 0 Å². The van der Waals surface area contributed by atoms with E-state index in [1.165, 1.54) is 12.8 Å². The monoisotopic (exact) mass is 220 g/mol. The molecule has 1 fully saturated rings. The Morgan fingerprint density at radius 1 is 1.38 bits per heavy atom. The molecule has 0 spiro atoms. The summed E-state index contributed by atoms with van der Waals surface area (Å²) < 4.78 is 0. The van der Waals surface area contributed by atoms with Crippen LogP contribution in [-0.4, -0.2) is 22.7 Å². The number of anilines is 1. The van der Waals surface area contributed by atoms with Crippen molar-refractivity contribution in [2.45, 2.75) is 39.3 Å². The molecule has 2 unspecified atom stereocenters. The molecule has 1 aliphatic rings. The molecule has 88 valence electrons. The Kier molecular flexibility index (Phi) is 3.44. The molecule has 1 aromatic rings. The van der Waals surface area contributed by atoms with E-state index in [1.807, 2.05) is 18.2 Å². The first-order chi connectivity index (χ1) is 7.70. The van der Waals surface area contributed by atoms with Gasteiger partial charge in [0.2, 0.25) is 0 Å². The third-order valence-electron chi connectivity index (χ3n) is 3.37. The van der Waals surface area contributed by atoms with Gasteiger partial charge in [-0.05, 0) is 37.8 Å². The van der Waals surface area contributed by atoms with Gasteiger partial charge in [-0.2, -0.15) is 0 Å². The Balaban J connectivity index is 2.20. The summed E-state index contributed by atoms with van der Waals surface area (Å²) in [6.45, 7) is 5.63. The number of nitrogens with zero attached hydrogens (tertiary/aromatic N) is 2. The van der Waals surface area contributed by atoms with Gasteiger partial charge in [-0.3, -0.25) is 0 Å². The molecule has 2 heterocycles. The van der Waals surface area contributed by atoms with Gasteiger partial charge in [0, 0.05) is 12.6 Å². The molecular formula is C13H20N2O. The summed E-state index contributed by atoms with van der Waals surface area (Å²) in [7, 11) is 0. The second-order valence-corrected chi connectivity index (χ2v) is 4.83. The molecule has 2 rings (SSSR count). The van der Waals surface area contributed by atoms with Gasteiger partial charge in [-0.15, -0.1) is 0 Å². The summed E-state index contributed by atoms with van der Waals surface area (Å²) in [5, 5.41) is 9.10. The van der Waals surface area contributed by atoms with E-state index in [2.05, 4.69) is 23.7 Å². The topological polar surface area (TPSA) is 36.4 Å². The Morgan fingerprint density at radius 3 is 2.94 bits per heavy atom. The number of aliphatic hydroxyl groups is 1. The minimum absolute atomic E-state index is 0.0195. The second-order valence-electron chi connectivity index (χ2n) is 4.83. The third-order valence-corrected chi connectivity index (χ3v) is 3.37. The summed E-state index contributed by atoms with van der Waals surface area (Å²) in [6.07, 6.45) is 2.53. The molecule has 0 aromatic carbocycles. The van der Waals surface area contributed by atoms with Crippen LogP contribution in [0.3, 0.4) is 0 Å². The summed E-state index contributed by atoms with van der Waals surface area (Å²) in [4.78, 5) is 6.83. The number of piperidine rings is 1. The van der Waals surface area contributed by atoms with E-state index in [9.17, 15) is 0 Å².